The Labute approximate surface area is 111 Å². The van der Waals surface area contributed by atoms with Gasteiger partial charge < -0.3 is 4.98 Å². The summed E-state index contributed by atoms with van der Waals surface area (Å²) in [6.07, 6.45) is 2.41. The fraction of sp³-hybridized carbons (Fsp3) is 0.462. The van der Waals surface area contributed by atoms with Crippen LogP contribution in [0, 0.1) is 11.3 Å². The minimum atomic E-state index is -0.678. The smallest absolute Gasteiger partial charge is 0.266 e. The van der Waals surface area contributed by atoms with Crippen LogP contribution in [0.15, 0.2) is 10.9 Å². The van der Waals surface area contributed by atoms with E-state index >= 15 is 0 Å². The van der Waals surface area contributed by atoms with E-state index in [2.05, 4.69) is 4.98 Å². The molecule has 5 heteroatoms. The highest BCUT2D eigenvalue weighted by Crippen LogP contribution is 2.14. The number of pyridine rings is 1. The maximum Gasteiger partial charge on any atom is 0.266 e. The van der Waals surface area contributed by atoms with E-state index in [-0.39, 0.29) is 11.3 Å². The predicted molar refractivity (Wildman–Crippen MR) is 70.0 cm³/mol. The van der Waals surface area contributed by atoms with Gasteiger partial charge in [0.25, 0.3) is 5.56 Å². The third-order valence-corrected chi connectivity index (χ3v) is 2.85. The van der Waals surface area contributed by atoms with Crippen LogP contribution >= 0.6 is 11.6 Å². The molecule has 4 nitrogen and oxygen atoms in total. The highest BCUT2D eigenvalue weighted by atomic mass is 35.5. The summed E-state index contributed by atoms with van der Waals surface area (Å²) in [5.41, 5.74) is 0.402. The normalized spacial score (nSPS) is 11.9. The molecule has 1 aromatic heterocycles. The average Bonchev–Trinajstić information content (AvgIpc) is 2.35. The van der Waals surface area contributed by atoms with Crippen LogP contribution in [-0.2, 0) is 6.42 Å². The SMILES string of the molecule is CCCCc1[nH]c(=O)c(C#N)cc1C(=O)C(C)Cl. The number of H-pyrrole nitrogens is 1. The number of rotatable bonds is 5. The molecule has 0 aromatic carbocycles. The fourth-order valence-electron chi connectivity index (χ4n) is 1.64. The lowest BCUT2D eigenvalue weighted by Gasteiger charge is -2.09. The predicted octanol–water partition coefficient (Wildman–Crippen LogP) is 2.40. The van der Waals surface area contributed by atoms with Crippen molar-refractivity contribution in [2.24, 2.45) is 0 Å². The van der Waals surface area contributed by atoms with Crippen molar-refractivity contribution in [3.8, 4) is 6.07 Å². The molecule has 0 fully saturated rings. The van der Waals surface area contributed by atoms with E-state index in [0.717, 1.165) is 12.8 Å². The number of nitrogens with zero attached hydrogens (tertiary/aromatic N) is 1. The molecule has 0 spiro atoms. The number of nitriles is 1. The molecule has 0 aliphatic carbocycles. The minimum Gasteiger partial charge on any atom is -0.324 e. The van der Waals surface area contributed by atoms with Crippen LogP contribution in [0.5, 0.6) is 0 Å². The molecule has 0 saturated heterocycles. The summed E-state index contributed by atoms with van der Waals surface area (Å²) >= 11 is 5.78. The zero-order chi connectivity index (χ0) is 13.7. The maximum atomic E-state index is 11.9. The molecule has 1 heterocycles. The number of nitrogens with one attached hydrogen (secondary N) is 1. The highest BCUT2D eigenvalue weighted by Gasteiger charge is 2.18. The molecule has 1 atom stereocenters. The Bertz CT molecular complexity index is 541. The number of ketones is 1. The van der Waals surface area contributed by atoms with Crippen molar-refractivity contribution in [3.05, 3.63) is 33.2 Å². The number of hydrogen-bond acceptors (Lipinski definition) is 3. The first-order valence-electron chi connectivity index (χ1n) is 5.85. The molecule has 96 valence electrons. The Morgan fingerprint density at radius 2 is 2.28 bits per heavy atom. The molecule has 1 unspecified atom stereocenters. The van der Waals surface area contributed by atoms with E-state index in [1.54, 1.807) is 13.0 Å². The van der Waals surface area contributed by atoms with Crippen LogP contribution in [0.1, 0.15) is 48.3 Å². The van der Waals surface area contributed by atoms with Gasteiger partial charge in [0.15, 0.2) is 5.78 Å². The number of carbonyl (C=O) groups excluding carboxylic acids is 1. The van der Waals surface area contributed by atoms with Crippen LogP contribution in [-0.4, -0.2) is 16.1 Å². The Kier molecular flexibility index (Phi) is 5.11. The monoisotopic (exact) mass is 266 g/mol. The molecule has 1 aromatic rings. The standard InChI is InChI=1S/C13H15ClN2O2/c1-3-4-5-11-10(12(17)8(2)14)6-9(7-15)13(18)16-11/h6,8H,3-5H2,1-2H3,(H,16,18). The lowest BCUT2D eigenvalue weighted by atomic mass is 10.0. The van der Waals surface area contributed by atoms with E-state index in [4.69, 9.17) is 16.9 Å². The third kappa shape index (κ3) is 3.21. The number of hydrogen-bond donors (Lipinski definition) is 1. The molecular weight excluding hydrogens is 252 g/mol. The van der Waals surface area contributed by atoms with Crippen LogP contribution in [0.2, 0.25) is 0 Å². The summed E-state index contributed by atoms with van der Waals surface area (Å²) in [7, 11) is 0. The number of Topliss-reactive ketones (excluding diaryl/α,β-unsaturated/α-hetero) is 1. The summed E-state index contributed by atoms with van der Waals surface area (Å²) in [6, 6.07) is 3.11. The third-order valence-electron chi connectivity index (χ3n) is 2.65. The van der Waals surface area contributed by atoms with Crippen LogP contribution in [0.4, 0.5) is 0 Å². The first-order valence-corrected chi connectivity index (χ1v) is 6.29. The molecule has 0 bridgehead atoms. The lowest BCUT2D eigenvalue weighted by Crippen LogP contribution is -2.21. The van der Waals surface area contributed by atoms with E-state index in [1.807, 2.05) is 6.92 Å². The summed E-state index contributed by atoms with van der Waals surface area (Å²) in [6.45, 7) is 3.60. The number of aromatic amines is 1. The van der Waals surface area contributed by atoms with Gasteiger partial charge in [-0.25, -0.2) is 0 Å². The number of carbonyl (C=O) groups is 1. The van der Waals surface area contributed by atoms with Gasteiger partial charge >= 0.3 is 0 Å². The quantitative estimate of drug-likeness (QED) is 0.657. The van der Waals surface area contributed by atoms with E-state index in [0.29, 0.717) is 17.7 Å². The first-order chi connectivity index (χ1) is 8.51. The van der Waals surface area contributed by atoms with E-state index in [1.165, 1.54) is 6.07 Å². The van der Waals surface area contributed by atoms with Crippen LogP contribution < -0.4 is 5.56 Å². The van der Waals surface area contributed by atoms with E-state index in [9.17, 15) is 9.59 Å². The van der Waals surface area contributed by atoms with Crippen LogP contribution in [0.25, 0.3) is 0 Å². The number of aryl methyl sites for hydroxylation is 1. The number of halogens is 1. The van der Waals surface area contributed by atoms with Crippen molar-refractivity contribution in [2.45, 2.75) is 38.5 Å². The maximum absolute atomic E-state index is 11.9. The van der Waals surface area contributed by atoms with Crippen molar-refractivity contribution < 1.29 is 4.79 Å². The van der Waals surface area contributed by atoms with Gasteiger partial charge in [-0.15, -0.1) is 11.6 Å². The van der Waals surface area contributed by atoms with Gasteiger partial charge in [-0.2, -0.15) is 5.26 Å². The fourth-order valence-corrected chi connectivity index (χ4v) is 1.75. The molecule has 1 N–H and O–H groups in total. The topological polar surface area (TPSA) is 73.7 Å². The Morgan fingerprint density at radius 3 is 2.78 bits per heavy atom. The number of unbranched alkanes of at least 4 members (excludes halogenated alkanes) is 1. The van der Waals surface area contributed by atoms with Gasteiger partial charge in [0.05, 0.1) is 5.38 Å². The molecule has 0 aliphatic rings. The summed E-state index contributed by atoms with van der Waals surface area (Å²) in [5, 5.41) is 8.14. The van der Waals surface area contributed by atoms with Gasteiger partial charge in [0, 0.05) is 11.3 Å². The second-order valence-electron chi connectivity index (χ2n) is 4.10. The molecular formula is C13H15ClN2O2. The second-order valence-corrected chi connectivity index (χ2v) is 4.75. The number of alkyl halides is 1. The number of aromatic nitrogens is 1. The van der Waals surface area contributed by atoms with Crippen molar-refractivity contribution in [1.29, 1.82) is 5.26 Å². The summed E-state index contributed by atoms with van der Waals surface area (Å²) < 4.78 is 0. The van der Waals surface area contributed by atoms with Gasteiger partial charge in [0.1, 0.15) is 11.6 Å². The average molecular weight is 267 g/mol. The van der Waals surface area contributed by atoms with Gasteiger partial charge in [0.2, 0.25) is 0 Å². The van der Waals surface area contributed by atoms with Crippen LogP contribution in [0.3, 0.4) is 0 Å². The molecule has 18 heavy (non-hydrogen) atoms. The van der Waals surface area contributed by atoms with Crippen molar-refractivity contribution in [1.82, 2.24) is 4.98 Å². The molecule has 0 aliphatic heterocycles. The zero-order valence-electron chi connectivity index (χ0n) is 10.4. The Morgan fingerprint density at radius 1 is 1.61 bits per heavy atom. The molecule has 0 radical (unpaired) electrons. The Hall–Kier alpha value is -1.60. The van der Waals surface area contributed by atoms with Crippen molar-refractivity contribution in [2.75, 3.05) is 0 Å². The zero-order valence-corrected chi connectivity index (χ0v) is 11.2. The van der Waals surface area contributed by atoms with Gasteiger partial charge in [-0.3, -0.25) is 9.59 Å². The minimum absolute atomic E-state index is 0.0593. The first kappa shape index (κ1) is 14.5. The molecule has 0 saturated carbocycles. The molecule has 1 rings (SSSR count). The van der Waals surface area contributed by atoms with Gasteiger partial charge in [-0.05, 0) is 25.8 Å². The van der Waals surface area contributed by atoms with Gasteiger partial charge in [-0.1, -0.05) is 13.3 Å². The lowest BCUT2D eigenvalue weighted by molar-refractivity contribution is 0.0990. The highest BCUT2D eigenvalue weighted by molar-refractivity contribution is 6.33. The Balaban J connectivity index is 3.31. The van der Waals surface area contributed by atoms with Crippen molar-refractivity contribution in [3.63, 3.8) is 0 Å². The van der Waals surface area contributed by atoms with E-state index < -0.39 is 10.9 Å². The largest absolute Gasteiger partial charge is 0.324 e. The molecule has 0 amide bonds. The van der Waals surface area contributed by atoms with Crippen molar-refractivity contribution >= 4 is 17.4 Å². The second kappa shape index (κ2) is 6.36. The summed E-state index contributed by atoms with van der Waals surface area (Å²) in [5.74, 6) is -0.268. The summed E-state index contributed by atoms with van der Waals surface area (Å²) in [4.78, 5) is 26.1.